The Labute approximate surface area is 122 Å². The van der Waals surface area contributed by atoms with Crippen LogP contribution in [0, 0.1) is 0 Å². The summed E-state index contributed by atoms with van der Waals surface area (Å²) in [6, 6.07) is 3.14. The minimum atomic E-state index is -5.14. The van der Waals surface area contributed by atoms with Crippen LogP contribution < -0.4 is 61.6 Å². The quantitative estimate of drug-likeness (QED) is 0.624. The first-order valence-electron chi connectivity index (χ1n) is 3.52. The molecular weight excluding hydrogens is 223 g/mol. The molecule has 0 radical (unpaired) electrons. The Bertz CT molecular complexity index is 316. The molecule has 0 aliphatic carbocycles. The maximum absolute atomic E-state index is 12.3. The molecule has 0 unspecified atom stereocenters. The van der Waals surface area contributed by atoms with E-state index in [1.165, 1.54) is 0 Å². The van der Waals surface area contributed by atoms with E-state index in [0.29, 0.717) is 0 Å². The summed E-state index contributed by atoms with van der Waals surface area (Å²) in [6.07, 6.45) is 0. The summed E-state index contributed by atoms with van der Waals surface area (Å²) in [4.78, 5) is 0. The van der Waals surface area contributed by atoms with Crippen LogP contribution in [0.4, 0.5) is 12.9 Å². The maximum Gasteiger partial charge on any atom is 1.00 e. The molecule has 7 heteroatoms. The molecule has 0 fully saturated rings. The third-order valence-electron chi connectivity index (χ3n) is 1.58. The normalized spacial score (nSPS) is 10.6. The molecule has 0 saturated carbocycles. The average Bonchev–Trinajstić information content (AvgIpc) is 2.02. The second kappa shape index (κ2) is 5.41. The Hall–Kier alpha value is 0.311. The standard InChI is InChI=1S/C7H7BF3O2.K/c1-13-7-5(8(9,10)11)3-2-4-6(7)12;/h2-4,12H,1H3;/q-1;+1. The molecule has 1 aromatic carbocycles. The molecule has 0 spiro atoms. The SMILES string of the molecule is COc1c(O)cccc1[B-](F)(F)F.[K+]. The minimum Gasteiger partial charge on any atom is -0.504 e. The summed E-state index contributed by atoms with van der Waals surface area (Å²) in [7, 11) is 1.08. The minimum absolute atomic E-state index is 0. The van der Waals surface area contributed by atoms with Crippen molar-refractivity contribution in [2.45, 2.75) is 0 Å². The van der Waals surface area contributed by atoms with Gasteiger partial charge >= 0.3 is 58.4 Å². The van der Waals surface area contributed by atoms with Gasteiger partial charge in [0.2, 0.25) is 0 Å². The zero-order valence-electron chi connectivity index (χ0n) is 7.80. The molecule has 1 N–H and O–H groups in total. The van der Waals surface area contributed by atoms with Crippen LogP contribution in [0.2, 0.25) is 0 Å². The van der Waals surface area contributed by atoms with Gasteiger partial charge < -0.3 is 22.8 Å². The summed E-state index contributed by atoms with van der Waals surface area (Å²) >= 11 is 0. The molecule has 0 saturated heterocycles. The molecule has 0 amide bonds. The predicted molar refractivity (Wildman–Crippen MR) is 43.4 cm³/mol. The monoisotopic (exact) mass is 230 g/mol. The van der Waals surface area contributed by atoms with Crippen LogP contribution in [0.3, 0.4) is 0 Å². The summed E-state index contributed by atoms with van der Waals surface area (Å²) in [5.41, 5.74) is -0.914. The van der Waals surface area contributed by atoms with Crippen LogP contribution in [0.5, 0.6) is 11.5 Å². The first-order chi connectivity index (χ1) is 5.96. The molecule has 1 rings (SSSR count). The topological polar surface area (TPSA) is 29.5 Å². The average molecular weight is 230 g/mol. The van der Waals surface area contributed by atoms with Crippen molar-refractivity contribution in [3.63, 3.8) is 0 Å². The van der Waals surface area contributed by atoms with Crippen molar-refractivity contribution < 1.29 is 74.2 Å². The summed E-state index contributed by atoms with van der Waals surface area (Å²) in [6.45, 7) is -5.14. The van der Waals surface area contributed by atoms with Crippen LogP contribution in [-0.2, 0) is 0 Å². The first-order valence-corrected chi connectivity index (χ1v) is 3.52. The van der Waals surface area contributed by atoms with Gasteiger partial charge in [-0.3, -0.25) is 0 Å². The molecule has 0 bridgehead atoms. The van der Waals surface area contributed by atoms with Crippen molar-refractivity contribution in [3.05, 3.63) is 18.2 Å². The van der Waals surface area contributed by atoms with E-state index in [0.717, 1.165) is 25.3 Å². The number of benzene rings is 1. The zero-order valence-corrected chi connectivity index (χ0v) is 10.9. The second-order valence-electron chi connectivity index (χ2n) is 2.47. The molecular formula is C7H7BF3KO2. The number of aromatic hydroxyl groups is 1. The summed E-state index contributed by atoms with van der Waals surface area (Å²) < 4.78 is 41.3. The van der Waals surface area contributed by atoms with Gasteiger partial charge in [-0.15, -0.1) is 0 Å². The van der Waals surface area contributed by atoms with E-state index in [9.17, 15) is 12.9 Å². The Morgan fingerprint density at radius 3 is 2.21 bits per heavy atom. The van der Waals surface area contributed by atoms with E-state index >= 15 is 0 Å². The number of phenols is 1. The first kappa shape index (κ1) is 14.3. The molecule has 0 heterocycles. The third kappa shape index (κ3) is 3.16. The fourth-order valence-corrected chi connectivity index (χ4v) is 1.02. The number of rotatable bonds is 2. The van der Waals surface area contributed by atoms with E-state index < -0.39 is 23.9 Å². The van der Waals surface area contributed by atoms with E-state index in [1.807, 2.05) is 0 Å². The fourth-order valence-electron chi connectivity index (χ4n) is 1.02. The predicted octanol–water partition coefficient (Wildman–Crippen LogP) is -1.54. The van der Waals surface area contributed by atoms with Crippen LogP contribution >= 0.6 is 0 Å². The van der Waals surface area contributed by atoms with Gasteiger partial charge in [-0.2, -0.15) is 0 Å². The van der Waals surface area contributed by atoms with Crippen molar-refractivity contribution in [2.24, 2.45) is 0 Å². The van der Waals surface area contributed by atoms with Gasteiger partial charge in [0.1, 0.15) is 5.75 Å². The largest absolute Gasteiger partial charge is 1.00 e. The van der Waals surface area contributed by atoms with Gasteiger partial charge in [-0.25, -0.2) is 0 Å². The Morgan fingerprint density at radius 2 is 1.86 bits per heavy atom. The van der Waals surface area contributed by atoms with Gasteiger partial charge in [0.05, 0.1) is 7.11 Å². The van der Waals surface area contributed by atoms with E-state index in [4.69, 9.17) is 5.11 Å². The maximum atomic E-state index is 12.3. The smallest absolute Gasteiger partial charge is 0.504 e. The molecule has 0 aliphatic rings. The van der Waals surface area contributed by atoms with Gasteiger partial charge in [-0.05, 0) is 6.07 Å². The number of ether oxygens (including phenoxy) is 1. The molecule has 2 nitrogen and oxygen atoms in total. The molecule has 0 aromatic heterocycles. The molecule has 14 heavy (non-hydrogen) atoms. The molecule has 72 valence electrons. The molecule has 0 atom stereocenters. The van der Waals surface area contributed by atoms with E-state index in [2.05, 4.69) is 4.74 Å². The van der Waals surface area contributed by atoms with Crippen molar-refractivity contribution in [1.82, 2.24) is 0 Å². The number of methoxy groups -OCH3 is 1. The summed E-state index contributed by atoms with van der Waals surface area (Å²) in [5, 5.41) is 9.04. The fraction of sp³-hybridized carbons (Fsp3) is 0.143. The number of para-hydroxylation sites is 1. The Balaban J connectivity index is 0.00000169. The number of hydrogen-bond acceptors (Lipinski definition) is 2. The van der Waals surface area contributed by atoms with Crippen LogP contribution in [-0.4, -0.2) is 19.2 Å². The van der Waals surface area contributed by atoms with Crippen molar-refractivity contribution in [3.8, 4) is 11.5 Å². The Kier molecular flexibility index (Phi) is 5.53. The molecule has 0 aliphatic heterocycles. The van der Waals surface area contributed by atoms with Gasteiger partial charge in [0.25, 0.3) is 0 Å². The number of halogens is 3. The van der Waals surface area contributed by atoms with Crippen molar-refractivity contribution in [2.75, 3.05) is 7.11 Å². The summed E-state index contributed by atoms with van der Waals surface area (Å²) in [5.74, 6) is -1.02. The number of hydrogen-bond donors (Lipinski definition) is 1. The van der Waals surface area contributed by atoms with E-state index in [1.54, 1.807) is 0 Å². The van der Waals surface area contributed by atoms with Gasteiger partial charge in [0, 0.05) is 0 Å². The van der Waals surface area contributed by atoms with Crippen molar-refractivity contribution in [1.29, 1.82) is 0 Å². The second-order valence-corrected chi connectivity index (χ2v) is 2.47. The molecule has 1 aromatic rings. The van der Waals surface area contributed by atoms with E-state index in [-0.39, 0.29) is 51.4 Å². The number of phenolic OH excluding ortho intramolecular Hbond substituents is 1. The van der Waals surface area contributed by atoms with Crippen LogP contribution in [0.1, 0.15) is 0 Å². The van der Waals surface area contributed by atoms with Gasteiger partial charge in [0.15, 0.2) is 5.75 Å². The van der Waals surface area contributed by atoms with Crippen molar-refractivity contribution >= 4 is 12.4 Å². The third-order valence-corrected chi connectivity index (χ3v) is 1.58. The van der Waals surface area contributed by atoms with Crippen LogP contribution in [0.25, 0.3) is 0 Å². The zero-order chi connectivity index (χ0) is 10.1. The Morgan fingerprint density at radius 1 is 1.29 bits per heavy atom. The van der Waals surface area contributed by atoms with Gasteiger partial charge in [-0.1, -0.05) is 17.6 Å². The van der Waals surface area contributed by atoms with Crippen LogP contribution in [0.15, 0.2) is 18.2 Å².